The molecule has 2 N–H and O–H groups in total. The number of nitrogens with zero attached hydrogens (tertiary/aromatic N) is 2. The average Bonchev–Trinajstić information content (AvgIpc) is 3.10. The van der Waals surface area contributed by atoms with Gasteiger partial charge >= 0.3 is 12.2 Å². The molecule has 8 heteroatoms. The molecule has 23 heavy (non-hydrogen) atoms. The van der Waals surface area contributed by atoms with Gasteiger partial charge in [0.1, 0.15) is 0 Å². The Morgan fingerprint density at radius 1 is 1.35 bits per heavy atom. The summed E-state index contributed by atoms with van der Waals surface area (Å²) < 4.78 is 36.9. The second-order valence-electron chi connectivity index (χ2n) is 6.78. The minimum absolute atomic E-state index is 0.0330. The highest BCUT2D eigenvalue weighted by Crippen LogP contribution is 2.26. The number of likely N-dealkylation sites (tertiary alicyclic amines) is 1. The number of rotatable bonds is 5. The first kappa shape index (κ1) is 18.3. The van der Waals surface area contributed by atoms with Gasteiger partial charge in [-0.1, -0.05) is 12.8 Å². The van der Waals surface area contributed by atoms with Crippen LogP contribution in [0.4, 0.5) is 18.0 Å². The molecule has 0 bridgehead atoms. The summed E-state index contributed by atoms with van der Waals surface area (Å²) in [6.07, 6.45) is -1.28. The largest absolute Gasteiger partial charge is 0.416 e. The predicted molar refractivity (Wildman–Crippen MR) is 80.0 cm³/mol. The Balaban J connectivity index is 1.71. The third kappa shape index (κ3) is 5.53. The van der Waals surface area contributed by atoms with E-state index in [1.165, 1.54) is 32.7 Å². The first-order valence-electron chi connectivity index (χ1n) is 8.24. The fourth-order valence-corrected chi connectivity index (χ4v) is 3.41. The van der Waals surface area contributed by atoms with E-state index in [0.717, 1.165) is 36.9 Å². The maximum Gasteiger partial charge on any atom is 0.416 e. The van der Waals surface area contributed by atoms with Crippen molar-refractivity contribution in [3.63, 3.8) is 0 Å². The number of urea groups is 1. The molecule has 5 nitrogen and oxygen atoms in total. The first-order chi connectivity index (χ1) is 10.8. The molecular weight excluding hydrogens is 311 g/mol. The monoisotopic (exact) mass is 337 g/mol. The van der Waals surface area contributed by atoms with Gasteiger partial charge in [0.2, 0.25) is 0 Å². The van der Waals surface area contributed by atoms with Crippen molar-refractivity contribution in [3.05, 3.63) is 0 Å². The molecule has 2 atom stereocenters. The molecule has 0 aromatic carbocycles. The fourth-order valence-electron chi connectivity index (χ4n) is 3.41. The van der Waals surface area contributed by atoms with Gasteiger partial charge in [0.15, 0.2) is 6.10 Å². The van der Waals surface area contributed by atoms with E-state index in [1.54, 1.807) is 0 Å². The number of amides is 2. The second-order valence-corrected chi connectivity index (χ2v) is 6.78. The molecule has 1 heterocycles. The zero-order valence-electron chi connectivity index (χ0n) is 13.5. The standard InChI is InChI=1S/C15H26F3N3O2/c1-20(10-13(22)15(16,17)18)14(23)19-12-6-7-21(9-12)8-11-4-2-3-5-11/h11-13,22H,2-10H2,1H3,(H,19,23)/t12-,13-/m0/s1. The van der Waals surface area contributed by atoms with Crippen LogP contribution in [-0.4, -0.2) is 72.5 Å². The van der Waals surface area contributed by atoms with Crippen molar-refractivity contribution in [1.29, 1.82) is 0 Å². The maximum absolute atomic E-state index is 12.3. The highest BCUT2D eigenvalue weighted by molar-refractivity contribution is 5.74. The van der Waals surface area contributed by atoms with E-state index in [-0.39, 0.29) is 6.04 Å². The van der Waals surface area contributed by atoms with Crippen LogP contribution in [0.3, 0.4) is 0 Å². The number of carbonyl (C=O) groups excluding carboxylic acids is 1. The van der Waals surface area contributed by atoms with Gasteiger partial charge in [-0.25, -0.2) is 4.79 Å². The minimum atomic E-state index is -4.71. The lowest BCUT2D eigenvalue weighted by Gasteiger charge is -2.25. The molecule has 0 aromatic rings. The molecule has 2 rings (SSSR count). The van der Waals surface area contributed by atoms with Crippen molar-refractivity contribution in [1.82, 2.24) is 15.1 Å². The van der Waals surface area contributed by atoms with Gasteiger partial charge in [-0.2, -0.15) is 13.2 Å². The zero-order chi connectivity index (χ0) is 17.0. The van der Waals surface area contributed by atoms with E-state index in [9.17, 15) is 18.0 Å². The summed E-state index contributed by atoms with van der Waals surface area (Å²) in [5.74, 6) is 0.744. The van der Waals surface area contributed by atoms with Gasteiger partial charge in [-0.05, 0) is 25.2 Å². The third-order valence-electron chi connectivity index (χ3n) is 4.76. The van der Waals surface area contributed by atoms with E-state index in [0.29, 0.717) is 0 Å². The first-order valence-corrected chi connectivity index (χ1v) is 8.24. The summed E-state index contributed by atoms with van der Waals surface area (Å²) in [6.45, 7) is 1.96. The molecule has 1 aliphatic heterocycles. The van der Waals surface area contributed by atoms with Gasteiger partial charge in [0.25, 0.3) is 0 Å². The number of alkyl halides is 3. The van der Waals surface area contributed by atoms with Crippen LogP contribution in [0.5, 0.6) is 0 Å². The lowest BCUT2D eigenvalue weighted by molar-refractivity contribution is -0.205. The Labute approximate surface area is 134 Å². The molecule has 0 spiro atoms. The van der Waals surface area contributed by atoms with Crippen LogP contribution in [0, 0.1) is 5.92 Å². The normalized spacial score (nSPS) is 24.8. The molecule has 1 aliphatic carbocycles. The number of aliphatic hydroxyl groups excluding tert-OH is 1. The summed E-state index contributed by atoms with van der Waals surface area (Å²) in [5, 5.41) is 11.8. The van der Waals surface area contributed by atoms with Crippen molar-refractivity contribution in [2.45, 2.75) is 50.4 Å². The van der Waals surface area contributed by atoms with Crippen molar-refractivity contribution in [2.24, 2.45) is 5.92 Å². The van der Waals surface area contributed by atoms with Crippen LogP contribution in [0.1, 0.15) is 32.1 Å². The molecule has 1 saturated heterocycles. The van der Waals surface area contributed by atoms with Gasteiger partial charge in [0, 0.05) is 32.7 Å². The smallest absolute Gasteiger partial charge is 0.382 e. The number of likely N-dealkylation sites (N-methyl/N-ethyl adjacent to an activating group) is 1. The molecule has 2 amide bonds. The molecule has 134 valence electrons. The number of hydrogen-bond acceptors (Lipinski definition) is 3. The Kier molecular flexibility index (Phi) is 6.13. The third-order valence-corrected chi connectivity index (χ3v) is 4.76. The Morgan fingerprint density at radius 2 is 2.00 bits per heavy atom. The highest BCUT2D eigenvalue weighted by atomic mass is 19.4. The average molecular weight is 337 g/mol. The SMILES string of the molecule is CN(C[C@H](O)C(F)(F)F)C(=O)N[C@H]1CCN(CC2CCCC2)C1. The topological polar surface area (TPSA) is 55.8 Å². The van der Waals surface area contributed by atoms with E-state index >= 15 is 0 Å². The number of halogens is 3. The van der Waals surface area contributed by atoms with Crippen molar-refractivity contribution in [3.8, 4) is 0 Å². The number of carbonyl (C=O) groups is 1. The lowest BCUT2D eigenvalue weighted by atomic mass is 10.1. The molecular formula is C15H26F3N3O2. The van der Waals surface area contributed by atoms with E-state index < -0.39 is 24.9 Å². The molecule has 2 fully saturated rings. The van der Waals surface area contributed by atoms with Crippen LogP contribution in [-0.2, 0) is 0 Å². The van der Waals surface area contributed by atoms with Gasteiger partial charge in [0.05, 0.1) is 6.54 Å². The number of hydrogen-bond donors (Lipinski definition) is 2. The Hall–Kier alpha value is -1.02. The van der Waals surface area contributed by atoms with Crippen LogP contribution in [0.2, 0.25) is 0 Å². The second kappa shape index (κ2) is 7.70. The van der Waals surface area contributed by atoms with E-state index in [1.807, 2.05) is 0 Å². The van der Waals surface area contributed by atoms with Crippen molar-refractivity contribution < 1.29 is 23.1 Å². The van der Waals surface area contributed by atoms with E-state index in [2.05, 4.69) is 10.2 Å². The van der Waals surface area contributed by atoms with Gasteiger partial charge < -0.3 is 20.2 Å². The fraction of sp³-hybridized carbons (Fsp3) is 0.933. The van der Waals surface area contributed by atoms with E-state index in [4.69, 9.17) is 5.11 Å². The van der Waals surface area contributed by atoms with Gasteiger partial charge in [-0.15, -0.1) is 0 Å². The Morgan fingerprint density at radius 3 is 2.61 bits per heavy atom. The molecule has 2 aliphatic rings. The minimum Gasteiger partial charge on any atom is -0.382 e. The van der Waals surface area contributed by atoms with Gasteiger partial charge in [-0.3, -0.25) is 0 Å². The summed E-state index contributed by atoms with van der Waals surface area (Å²) in [5.41, 5.74) is 0. The molecule has 0 aromatic heterocycles. The molecule has 0 radical (unpaired) electrons. The predicted octanol–water partition coefficient (Wildman–Crippen LogP) is 1.82. The van der Waals surface area contributed by atoms with Crippen molar-refractivity contribution >= 4 is 6.03 Å². The Bertz CT molecular complexity index is 400. The number of aliphatic hydroxyl groups is 1. The zero-order valence-corrected chi connectivity index (χ0v) is 13.5. The lowest BCUT2D eigenvalue weighted by Crippen LogP contribution is -2.48. The molecule has 0 unspecified atom stereocenters. The summed E-state index contributed by atoms with van der Waals surface area (Å²) in [7, 11) is 1.26. The summed E-state index contributed by atoms with van der Waals surface area (Å²) in [4.78, 5) is 15.1. The highest BCUT2D eigenvalue weighted by Gasteiger charge is 2.39. The van der Waals surface area contributed by atoms with Crippen LogP contribution in [0.15, 0.2) is 0 Å². The molecule has 1 saturated carbocycles. The quantitative estimate of drug-likeness (QED) is 0.805. The number of nitrogens with one attached hydrogen (secondary N) is 1. The van der Waals surface area contributed by atoms with Crippen LogP contribution in [0.25, 0.3) is 0 Å². The van der Waals surface area contributed by atoms with Crippen molar-refractivity contribution in [2.75, 3.05) is 33.2 Å². The summed E-state index contributed by atoms with van der Waals surface area (Å²) >= 11 is 0. The van der Waals surface area contributed by atoms with Crippen LogP contribution >= 0.6 is 0 Å². The summed E-state index contributed by atoms with van der Waals surface area (Å²) in [6, 6.07) is -0.601. The maximum atomic E-state index is 12.3. The van der Waals surface area contributed by atoms with Crippen LogP contribution < -0.4 is 5.32 Å².